The summed E-state index contributed by atoms with van der Waals surface area (Å²) < 4.78 is 30.7. The molecule has 150 valence electrons. The van der Waals surface area contributed by atoms with Gasteiger partial charge >= 0.3 is 6.03 Å². The van der Waals surface area contributed by atoms with Gasteiger partial charge in [-0.25, -0.2) is 13.2 Å². The largest absolute Gasteiger partial charge is 0.380 e. The molecule has 3 aromatic rings. The van der Waals surface area contributed by atoms with E-state index in [-0.39, 0.29) is 9.79 Å². The minimum Gasteiger partial charge on any atom is -0.380 e. The number of pyridine rings is 1. The Hall–Kier alpha value is -3.23. The molecule has 0 aliphatic carbocycles. The Morgan fingerprint density at radius 2 is 1.76 bits per heavy atom. The van der Waals surface area contributed by atoms with Crippen molar-refractivity contribution in [3.05, 3.63) is 84.2 Å². The third kappa shape index (κ3) is 5.40. The molecule has 2 amide bonds. The number of aromatic nitrogens is 1. The van der Waals surface area contributed by atoms with Crippen molar-refractivity contribution in [2.75, 3.05) is 12.4 Å². The number of benzene rings is 2. The first-order valence-corrected chi connectivity index (χ1v) is 10.3. The number of carbonyl (C=O) groups excluding carboxylic acids is 1. The van der Waals surface area contributed by atoms with Gasteiger partial charge in [0.05, 0.1) is 16.4 Å². The summed E-state index contributed by atoms with van der Waals surface area (Å²) >= 11 is 0. The second kappa shape index (κ2) is 9.31. The summed E-state index contributed by atoms with van der Waals surface area (Å²) in [6.07, 6.45) is 3.33. The van der Waals surface area contributed by atoms with Gasteiger partial charge in [-0.15, -0.1) is 0 Å². The highest BCUT2D eigenvalue weighted by molar-refractivity contribution is 7.91. The first kappa shape index (κ1) is 20.5. The average molecular weight is 411 g/mol. The third-order valence-corrected chi connectivity index (χ3v) is 5.89. The van der Waals surface area contributed by atoms with Crippen molar-refractivity contribution in [2.24, 2.45) is 0 Å². The Kier molecular flexibility index (Phi) is 6.58. The third-order valence-electron chi connectivity index (χ3n) is 4.12. The zero-order valence-corrected chi connectivity index (χ0v) is 16.6. The number of methoxy groups -OCH3 is 1. The fraction of sp³-hybridized carbons (Fsp3) is 0.143. The maximum atomic E-state index is 12.8. The lowest BCUT2D eigenvalue weighted by atomic mass is 10.2. The number of nitrogens with one attached hydrogen (secondary N) is 2. The lowest BCUT2D eigenvalue weighted by Gasteiger charge is -2.10. The lowest BCUT2D eigenvalue weighted by Crippen LogP contribution is -2.28. The zero-order valence-electron chi connectivity index (χ0n) is 15.8. The molecule has 0 aliphatic rings. The van der Waals surface area contributed by atoms with E-state index in [4.69, 9.17) is 4.74 Å². The molecule has 0 radical (unpaired) electrons. The predicted molar refractivity (Wildman–Crippen MR) is 109 cm³/mol. The number of amides is 2. The summed E-state index contributed by atoms with van der Waals surface area (Å²) in [7, 11) is -2.11. The Balaban J connectivity index is 1.66. The van der Waals surface area contributed by atoms with Crippen molar-refractivity contribution in [1.82, 2.24) is 10.3 Å². The second-order valence-corrected chi connectivity index (χ2v) is 8.23. The average Bonchev–Trinajstić information content (AvgIpc) is 2.74. The fourth-order valence-electron chi connectivity index (χ4n) is 2.68. The van der Waals surface area contributed by atoms with Crippen molar-refractivity contribution in [3.8, 4) is 0 Å². The van der Waals surface area contributed by atoms with Crippen molar-refractivity contribution in [1.29, 1.82) is 0 Å². The molecule has 7 nitrogen and oxygen atoms in total. The van der Waals surface area contributed by atoms with Crippen LogP contribution in [0.3, 0.4) is 0 Å². The molecule has 0 bridgehead atoms. The van der Waals surface area contributed by atoms with E-state index in [2.05, 4.69) is 15.6 Å². The normalized spacial score (nSPS) is 11.1. The first-order chi connectivity index (χ1) is 14.0. The molecule has 3 rings (SSSR count). The van der Waals surface area contributed by atoms with Crippen LogP contribution in [0.25, 0.3) is 0 Å². The molecule has 0 fully saturated rings. The van der Waals surface area contributed by atoms with Crippen LogP contribution >= 0.6 is 0 Å². The number of carbonyl (C=O) groups is 1. The zero-order chi connectivity index (χ0) is 20.7. The lowest BCUT2D eigenvalue weighted by molar-refractivity contribution is 0.184. The van der Waals surface area contributed by atoms with Gasteiger partial charge in [-0.1, -0.05) is 18.2 Å². The standard InChI is InChI=1S/C21H21N3O4S/c1-28-15-16-4-2-6-20(12-16)29(26,27)19-9-7-18(8-10-19)24-21(25)23-14-17-5-3-11-22-13-17/h2-13H,14-15H2,1H3,(H2,23,24,25). The minimum absolute atomic E-state index is 0.147. The minimum atomic E-state index is -3.66. The first-order valence-electron chi connectivity index (χ1n) is 8.86. The molecule has 0 aliphatic heterocycles. The Morgan fingerprint density at radius 3 is 2.45 bits per heavy atom. The molecule has 0 saturated carbocycles. The quantitative estimate of drug-likeness (QED) is 0.621. The van der Waals surface area contributed by atoms with Crippen molar-refractivity contribution >= 4 is 21.6 Å². The highest BCUT2D eigenvalue weighted by atomic mass is 32.2. The van der Waals surface area contributed by atoms with E-state index >= 15 is 0 Å². The summed E-state index contributed by atoms with van der Waals surface area (Å²) in [5.41, 5.74) is 2.14. The van der Waals surface area contributed by atoms with Crippen LogP contribution in [0.15, 0.2) is 82.8 Å². The molecule has 0 spiro atoms. The number of sulfone groups is 1. The van der Waals surface area contributed by atoms with Gasteiger partial charge in [0.25, 0.3) is 0 Å². The number of rotatable bonds is 7. The molecule has 2 N–H and O–H groups in total. The second-order valence-electron chi connectivity index (χ2n) is 6.28. The van der Waals surface area contributed by atoms with Crippen LogP contribution in [0.1, 0.15) is 11.1 Å². The van der Waals surface area contributed by atoms with Crippen molar-refractivity contribution in [3.63, 3.8) is 0 Å². The van der Waals surface area contributed by atoms with Crippen LogP contribution in [0, 0.1) is 0 Å². The highest BCUT2D eigenvalue weighted by Crippen LogP contribution is 2.23. The van der Waals surface area contributed by atoms with Crippen molar-refractivity contribution < 1.29 is 17.9 Å². The van der Waals surface area contributed by atoms with E-state index in [1.54, 1.807) is 62.0 Å². The maximum absolute atomic E-state index is 12.8. The van der Waals surface area contributed by atoms with E-state index in [0.717, 1.165) is 11.1 Å². The van der Waals surface area contributed by atoms with Crippen LogP contribution in [0.5, 0.6) is 0 Å². The van der Waals surface area contributed by atoms with Gasteiger partial charge < -0.3 is 15.4 Å². The molecule has 0 saturated heterocycles. The molecule has 8 heteroatoms. The predicted octanol–water partition coefficient (Wildman–Crippen LogP) is 3.38. The molecule has 29 heavy (non-hydrogen) atoms. The Bertz CT molecular complexity index is 1070. The smallest absolute Gasteiger partial charge is 0.319 e. The number of urea groups is 1. The van der Waals surface area contributed by atoms with Crippen LogP contribution in [-0.4, -0.2) is 26.5 Å². The van der Waals surface area contributed by atoms with Gasteiger partial charge in [0.15, 0.2) is 0 Å². The number of anilines is 1. The van der Waals surface area contributed by atoms with Crippen LogP contribution in [0.4, 0.5) is 10.5 Å². The topological polar surface area (TPSA) is 97.4 Å². The number of nitrogens with zero attached hydrogens (tertiary/aromatic N) is 1. The summed E-state index contributed by atoms with van der Waals surface area (Å²) in [4.78, 5) is 16.3. The number of hydrogen-bond acceptors (Lipinski definition) is 5. The van der Waals surface area contributed by atoms with E-state index in [0.29, 0.717) is 18.8 Å². The van der Waals surface area contributed by atoms with Gasteiger partial charge in [0, 0.05) is 31.7 Å². The molecule has 1 heterocycles. The monoisotopic (exact) mass is 411 g/mol. The fourth-order valence-corrected chi connectivity index (χ4v) is 4.01. The summed E-state index contributed by atoms with van der Waals surface area (Å²) in [6.45, 7) is 0.671. The van der Waals surface area contributed by atoms with Crippen molar-refractivity contribution in [2.45, 2.75) is 22.9 Å². The number of hydrogen-bond donors (Lipinski definition) is 2. The highest BCUT2D eigenvalue weighted by Gasteiger charge is 2.18. The van der Waals surface area contributed by atoms with Gasteiger partial charge in [0.1, 0.15) is 0 Å². The molecule has 0 unspecified atom stereocenters. The van der Waals surface area contributed by atoms with E-state index < -0.39 is 15.9 Å². The molecule has 2 aromatic carbocycles. The van der Waals surface area contributed by atoms with E-state index in [1.165, 1.54) is 12.1 Å². The van der Waals surface area contributed by atoms with Gasteiger partial charge in [-0.05, 0) is 53.6 Å². The van der Waals surface area contributed by atoms with Crippen LogP contribution < -0.4 is 10.6 Å². The summed E-state index contributed by atoms with van der Waals surface area (Å²) in [6, 6.07) is 15.9. The van der Waals surface area contributed by atoms with Crippen LogP contribution in [0.2, 0.25) is 0 Å². The molecular formula is C21H21N3O4S. The summed E-state index contributed by atoms with van der Waals surface area (Å²) in [5.74, 6) is 0. The van der Waals surface area contributed by atoms with Gasteiger partial charge in [-0.2, -0.15) is 0 Å². The Morgan fingerprint density at radius 1 is 1.00 bits per heavy atom. The SMILES string of the molecule is COCc1cccc(S(=O)(=O)c2ccc(NC(=O)NCc3cccnc3)cc2)c1. The number of ether oxygens (including phenoxy) is 1. The maximum Gasteiger partial charge on any atom is 0.319 e. The molecular weight excluding hydrogens is 390 g/mol. The summed E-state index contributed by atoms with van der Waals surface area (Å²) in [5, 5.41) is 5.39. The van der Waals surface area contributed by atoms with Gasteiger partial charge in [0.2, 0.25) is 9.84 Å². The molecule has 1 aromatic heterocycles. The van der Waals surface area contributed by atoms with E-state index in [1.807, 2.05) is 6.07 Å². The molecule has 0 atom stereocenters. The Labute approximate surface area is 169 Å². The van der Waals surface area contributed by atoms with Gasteiger partial charge in [-0.3, -0.25) is 4.98 Å². The van der Waals surface area contributed by atoms with Crippen LogP contribution in [-0.2, 0) is 27.7 Å². The van der Waals surface area contributed by atoms with E-state index in [9.17, 15) is 13.2 Å².